The van der Waals surface area contributed by atoms with Gasteiger partial charge in [0.2, 0.25) is 0 Å². The van der Waals surface area contributed by atoms with Crippen LogP contribution >= 0.6 is 11.8 Å². The second kappa shape index (κ2) is 4.71. The van der Waals surface area contributed by atoms with Crippen molar-refractivity contribution in [2.45, 2.75) is 5.09 Å². The molecule has 0 fully saturated rings. The molecule has 0 saturated heterocycles. The summed E-state index contributed by atoms with van der Waals surface area (Å²) >= 11 is 1.37. The van der Waals surface area contributed by atoms with Gasteiger partial charge in [0.15, 0.2) is 10.9 Å². The summed E-state index contributed by atoms with van der Waals surface area (Å²) in [6.07, 6.45) is 1.82. The highest BCUT2D eigenvalue weighted by Crippen LogP contribution is 2.17. The number of nitrogens with one attached hydrogen (secondary N) is 1. The average Bonchev–Trinajstić information content (AvgIpc) is 2.62. The van der Waals surface area contributed by atoms with Gasteiger partial charge in [0.25, 0.3) is 5.91 Å². The van der Waals surface area contributed by atoms with Crippen LogP contribution in [0.2, 0.25) is 0 Å². The van der Waals surface area contributed by atoms with E-state index in [9.17, 15) is 9.59 Å². The summed E-state index contributed by atoms with van der Waals surface area (Å²) in [6.45, 7) is -0.409. The smallest absolute Gasteiger partial charge is 0.322 e. The molecule has 0 bridgehead atoms. The van der Waals surface area contributed by atoms with E-state index >= 15 is 0 Å². The lowest BCUT2D eigenvalue weighted by atomic mass is 10.4. The Kier molecular flexibility index (Phi) is 3.58. The minimum absolute atomic E-state index is 0.121. The van der Waals surface area contributed by atoms with E-state index in [0.29, 0.717) is 5.09 Å². The molecule has 14 heavy (non-hydrogen) atoms. The van der Waals surface area contributed by atoms with Gasteiger partial charge in [0.1, 0.15) is 6.54 Å². The molecule has 0 spiro atoms. The molecule has 0 aliphatic heterocycles. The number of furan rings is 1. The number of hydrogen-bond donors (Lipinski definition) is 2. The first-order valence-corrected chi connectivity index (χ1v) is 5.00. The molecule has 76 valence electrons. The lowest BCUT2D eigenvalue weighted by Crippen LogP contribution is -2.28. The normalized spacial score (nSPS) is 9.79. The quantitative estimate of drug-likeness (QED) is 0.727. The third kappa shape index (κ3) is 2.81. The number of carbonyl (C=O) groups is 2. The predicted molar refractivity (Wildman–Crippen MR) is 50.5 cm³/mol. The number of carboxylic acid groups (broad SMARTS) is 1. The van der Waals surface area contributed by atoms with Crippen molar-refractivity contribution in [3.05, 3.63) is 17.9 Å². The molecule has 5 nitrogen and oxygen atoms in total. The maximum atomic E-state index is 11.2. The first-order chi connectivity index (χ1) is 6.63. The standard InChI is InChI=1S/C8H9NO4S/c1-14-7-3-2-5(13-7)8(12)9-4-6(10)11/h2-3H,4H2,1H3,(H,9,12)(H,10,11). The van der Waals surface area contributed by atoms with Crippen LogP contribution < -0.4 is 5.32 Å². The summed E-state index contributed by atoms with van der Waals surface area (Å²) in [4.78, 5) is 21.3. The summed E-state index contributed by atoms with van der Waals surface area (Å²) in [6, 6.07) is 3.16. The molecule has 0 unspecified atom stereocenters. The minimum Gasteiger partial charge on any atom is -0.480 e. The van der Waals surface area contributed by atoms with E-state index in [1.54, 1.807) is 6.07 Å². The monoisotopic (exact) mass is 215 g/mol. The molecule has 0 radical (unpaired) electrons. The van der Waals surface area contributed by atoms with Gasteiger partial charge >= 0.3 is 5.97 Å². The second-order valence-corrected chi connectivity index (χ2v) is 3.21. The zero-order valence-corrected chi connectivity index (χ0v) is 8.26. The summed E-state index contributed by atoms with van der Waals surface area (Å²) in [5.41, 5.74) is 0. The summed E-state index contributed by atoms with van der Waals surface area (Å²) < 4.78 is 5.08. The largest absolute Gasteiger partial charge is 0.480 e. The van der Waals surface area contributed by atoms with Crippen molar-refractivity contribution >= 4 is 23.6 Å². The molecule has 0 aliphatic rings. The maximum absolute atomic E-state index is 11.2. The summed E-state index contributed by atoms with van der Waals surface area (Å²) in [5.74, 6) is -1.49. The molecule has 1 amide bonds. The van der Waals surface area contributed by atoms with E-state index in [0.717, 1.165) is 0 Å². The summed E-state index contributed by atoms with van der Waals surface area (Å²) in [7, 11) is 0. The van der Waals surface area contributed by atoms with Crippen molar-refractivity contribution in [2.75, 3.05) is 12.8 Å². The maximum Gasteiger partial charge on any atom is 0.322 e. The van der Waals surface area contributed by atoms with Crippen molar-refractivity contribution in [1.82, 2.24) is 5.32 Å². The Morgan fingerprint density at radius 2 is 2.29 bits per heavy atom. The van der Waals surface area contributed by atoms with E-state index in [1.165, 1.54) is 17.8 Å². The van der Waals surface area contributed by atoms with Gasteiger partial charge < -0.3 is 14.8 Å². The Hall–Kier alpha value is -1.43. The molecule has 2 N–H and O–H groups in total. The van der Waals surface area contributed by atoms with Crippen molar-refractivity contribution in [2.24, 2.45) is 0 Å². The third-order valence-electron chi connectivity index (χ3n) is 1.41. The van der Waals surface area contributed by atoms with Crippen LogP contribution in [0, 0.1) is 0 Å². The topological polar surface area (TPSA) is 79.5 Å². The van der Waals surface area contributed by atoms with E-state index < -0.39 is 18.4 Å². The van der Waals surface area contributed by atoms with Crippen LogP contribution in [0.25, 0.3) is 0 Å². The van der Waals surface area contributed by atoms with E-state index in [1.807, 2.05) is 6.26 Å². The average molecular weight is 215 g/mol. The highest BCUT2D eigenvalue weighted by molar-refractivity contribution is 7.98. The molecule has 0 saturated carbocycles. The minimum atomic E-state index is -1.09. The zero-order valence-electron chi connectivity index (χ0n) is 7.44. The van der Waals surface area contributed by atoms with Gasteiger partial charge in [0.05, 0.1) is 0 Å². The number of hydrogen-bond acceptors (Lipinski definition) is 4. The van der Waals surface area contributed by atoms with Crippen LogP contribution in [0.3, 0.4) is 0 Å². The summed E-state index contributed by atoms with van der Waals surface area (Å²) in [5, 5.41) is 11.1. The van der Waals surface area contributed by atoms with E-state index in [4.69, 9.17) is 9.52 Å². The highest BCUT2D eigenvalue weighted by atomic mass is 32.2. The third-order valence-corrected chi connectivity index (χ3v) is 2.03. The molecule has 1 aromatic heterocycles. The van der Waals surface area contributed by atoms with Crippen molar-refractivity contribution in [3.8, 4) is 0 Å². The fourth-order valence-corrected chi connectivity index (χ4v) is 1.17. The zero-order chi connectivity index (χ0) is 10.6. The Morgan fingerprint density at radius 1 is 1.57 bits per heavy atom. The van der Waals surface area contributed by atoms with Gasteiger partial charge in [-0.25, -0.2) is 0 Å². The van der Waals surface area contributed by atoms with Gasteiger partial charge in [-0.3, -0.25) is 9.59 Å². The van der Waals surface area contributed by atoms with Crippen LogP contribution in [-0.4, -0.2) is 29.8 Å². The fourth-order valence-electron chi connectivity index (χ4n) is 0.795. The van der Waals surface area contributed by atoms with Crippen LogP contribution in [0.4, 0.5) is 0 Å². The molecule has 6 heteroatoms. The van der Waals surface area contributed by atoms with Crippen molar-refractivity contribution in [3.63, 3.8) is 0 Å². The first kappa shape index (κ1) is 10.6. The molecule has 1 heterocycles. The fraction of sp³-hybridized carbons (Fsp3) is 0.250. The predicted octanol–water partition coefficient (Wildman–Crippen LogP) is 0.816. The number of rotatable bonds is 4. The molecule has 0 aliphatic carbocycles. The van der Waals surface area contributed by atoms with Gasteiger partial charge in [-0.1, -0.05) is 11.8 Å². The number of aliphatic carboxylic acids is 1. The Labute approximate surface area is 84.5 Å². The van der Waals surface area contributed by atoms with Crippen molar-refractivity contribution in [1.29, 1.82) is 0 Å². The lowest BCUT2D eigenvalue weighted by Gasteiger charge is -1.97. The number of carbonyl (C=O) groups excluding carboxylic acids is 1. The van der Waals surface area contributed by atoms with Crippen LogP contribution in [0.1, 0.15) is 10.6 Å². The van der Waals surface area contributed by atoms with Crippen LogP contribution in [0.5, 0.6) is 0 Å². The van der Waals surface area contributed by atoms with Crippen molar-refractivity contribution < 1.29 is 19.1 Å². The Morgan fingerprint density at radius 3 is 2.79 bits per heavy atom. The molecule has 1 rings (SSSR count). The van der Waals surface area contributed by atoms with Gasteiger partial charge in [-0.15, -0.1) is 0 Å². The van der Waals surface area contributed by atoms with Gasteiger partial charge in [-0.05, 0) is 18.4 Å². The Bertz CT molecular complexity index is 347. The molecule has 0 aromatic carbocycles. The SMILES string of the molecule is CSc1ccc(C(=O)NCC(=O)O)o1. The van der Waals surface area contributed by atoms with Crippen LogP contribution in [-0.2, 0) is 4.79 Å². The Balaban J connectivity index is 2.56. The van der Waals surface area contributed by atoms with Gasteiger partial charge in [-0.2, -0.15) is 0 Å². The van der Waals surface area contributed by atoms with Crippen LogP contribution in [0.15, 0.2) is 21.6 Å². The molecular formula is C8H9NO4S. The van der Waals surface area contributed by atoms with E-state index in [-0.39, 0.29) is 5.76 Å². The number of carboxylic acids is 1. The lowest BCUT2D eigenvalue weighted by molar-refractivity contribution is -0.135. The number of thioether (sulfide) groups is 1. The van der Waals surface area contributed by atoms with Gasteiger partial charge in [0, 0.05) is 0 Å². The first-order valence-electron chi connectivity index (χ1n) is 3.77. The molecule has 0 atom stereocenters. The van der Waals surface area contributed by atoms with E-state index in [2.05, 4.69) is 5.32 Å². The highest BCUT2D eigenvalue weighted by Gasteiger charge is 2.11. The number of amides is 1. The molecular weight excluding hydrogens is 206 g/mol. The molecule has 1 aromatic rings. The second-order valence-electron chi connectivity index (χ2n) is 2.40.